The van der Waals surface area contributed by atoms with Gasteiger partial charge in [0.25, 0.3) is 5.56 Å². The van der Waals surface area contributed by atoms with E-state index >= 15 is 0 Å². The lowest BCUT2D eigenvalue weighted by Crippen LogP contribution is -2.51. The van der Waals surface area contributed by atoms with E-state index in [0.717, 1.165) is 13.1 Å². The number of amides is 1. The fourth-order valence-corrected chi connectivity index (χ4v) is 3.57. The van der Waals surface area contributed by atoms with Gasteiger partial charge in [-0.1, -0.05) is 30.3 Å². The third-order valence-corrected chi connectivity index (χ3v) is 5.18. The Kier molecular flexibility index (Phi) is 4.62. The molecular formula is C21H22N4O2. The number of aromatic nitrogens is 2. The van der Waals surface area contributed by atoms with Crippen molar-refractivity contribution in [3.05, 3.63) is 71.3 Å². The lowest BCUT2D eigenvalue weighted by atomic mass is 10.2. The maximum atomic E-state index is 12.9. The molecule has 1 saturated heterocycles. The van der Waals surface area contributed by atoms with Crippen molar-refractivity contribution in [1.82, 2.24) is 14.5 Å². The second-order valence-electron chi connectivity index (χ2n) is 6.80. The Labute approximate surface area is 157 Å². The predicted octanol–water partition coefficient (Wildman–Crippen LogP) is 2.31. The summed E-state index contributed by atoms with van der Waals surface area (Å²) in [5.41, 5.74) is 1.65. The number of benzene rings is 2. The highest BCUT2D eigenvalue weighted by Crippen LogP contribution is 2.18. The Morgan fingerprint density at radius 1 is 0.963 bits per heavy atom. The molecule has 0 aliphatic carbocycles. The van der Waals surface area contributed by atoms with Crippen LogP contribution in [0.3, 0.4) is 0 Å². The van der Waals surface area contributed by atoms with Crippen molar-refractivity contribution in [3.8, 4) is 0 Å². The largest absolute Gasteiger partial charge is 0.368 e. The molecule has 0 spiro atoms. The van der Waals surface area contributed by atoms with Crippen molar-refractivity contribution < 1.29 is 4.79 Å². The van der Waals surface area contributed by atoms with Crippen molar-refractivity contribution in [2.75, 3.05) is 31.1 Å². The molecule has 27 heavy (non-hydrogen) atoms. The fraction of sp³-hybridized carbons (Fsp3) is 0.286. The summed E-state index contributed by atoms with van der Waals surface area (Å²) < 4.78 is 1.44. The molecule has 2 aromatic carbocycles. The molecule has 0 saturated carbocycles. The molecule has 2 heterocycles. The van der Waals surface area contributed by atoms with E-state index in [1.165, 1.54) is 16.6 Å². The first-order chi connectivity index (χ1) is 13.1. The Hall–Kier alpha value is -3.15. The number of rotatable bonds is 3. The Bertz CT molecular complexity index is 1010. The second-order valence-corrected chi connectivity index (χ2v) is 6.80. The predicted molar refractivity (Wildman–Crippen MR) is 106 cm³/mol. The Balaban J connectivity index is 1.49. The minimum atomic E-state index is -0.571. The number of para-hydroxylation sites is 2. The van der Waals surface area contributed by atoms with Crippen molar-refractivity contribution in [2.24, 2.45) is 0 Å². The maximum Gasteiger partial charge on any atom is 0.261 e. The third kappa shape index (κ3) is 3.30. The van der Waals surface area contributed by atoms with Gasteiger partial charge in [-0.2, -0.15) is 0 Å². The summed E-state index contributed by atoms with van der Waals surface area (Å²) in [6, 6.07) is 16.8. The van der Waals surface area contributed by atoms with Crippen LogP contribution in [0.1, 0.15) is 13.0 Å². The van der Waals surface area contributed by atoms with E-state index < -0.39 is 6.04 Å². The van der Waals surface area contributed by atoms with Crippen LogP contribution in [0.25, 0.3) is 10.9 Å². The molecule has 0 bridgehead atoms. The van der Waals surface area contributed by atoms with E-state index in [1.807, 2.05) is 35.2 Å². The van der Waals surface area contributed by atoms with E-state index in [1.54, 1.807) is 19.1 Å². The molecule has 1 atom stereocenters. The summed E-state index contributed by atoms with van der Waals surface area (Å²) in [4.78, 5) is 34.1. The molecule has 138 valence electrons. The average Bonchev–Trinajstić information content (AvgIpc) is 2.74. The number of hydrogen-bond acceptors (Lipinski definition) is 4. The number of nitrogens with zero attached hydrogens (tertiary/aromatic N) is 4. The van der Waals surface area contributed by atoms with Gasteiger partial charge in [0, 0.05) is 31.9 Å². The molecule has 3 aromatic rings. The van der Waals surface area contributed by atoms with Gasteiger partial charge < -0.3 is 9.80 Å². The quantitative estimate of drug-likeness (QED) is 0.717. The first kappa shape index (κ1) is 17.3. The molecule has 6 nitrogen and oxygen atoms in total. The van der Waals surface area contributed by atoms with Gasteiger partial charge in [-0.05, 0) is 31.2 Å². The molecule has 1 aliphatic rings. The zero-order chi connectivity index (χ0) is 18.8. The first-order valence-electron chi connectivity index (χ1n) is 9.20. The molecule has 1 aromatic heterocycles. The van der Waals surface area contributed by atoms with Crippen LogP contribution in [0.2, 0.25) is 0 Å². The molecule has 4 rings (SSSR count). The van der Waals surface area contributed by atoms with Gasteiger partial charge in [-0.3, -0.25) is 14.2 Å². The van der Waals surface area contributed by atoms with E-state index in [0.29, 0.717) is 24.0 Å². The van der Waals surface area contributed by atoms with Crippen LogP contribution < -0.4 is 10.5 Å². The summed E-state index contributed by atoms with van der Waals surface area (Å²) in [6.45, 7) is 4.63. The van der Waals surface area contributed by atoms with Crippen molar-refractivity contribution in [1.29, 1.82) is 0 Å². The molecular weight excluding hydrogens is 340 g/mol. The molecule has 1 aliphatic heterocycles. The standard InChI is InChI=1S/C21H22N4O2/c1-16(25-15-22-19-10-6-5-9-18(19)21(25)27)20(26)24-13-11-23(12-14-24)17-7-3-2-4-8-17/h2-10,15-16H,11-14H2,1H3. The third-order valence-electron chi connectivity index (χ3n) is 5.18. The van der Waals surface area contributed by atoms with Gasteiger partial charge in [0.1, 0.15) is 6.04 Å². The van der Waals surface area contributed by atoms with Crippen LogP contribution in [0.5, 0.6) is 0 Å². The topological polar surface area (TPSA) is 58.4 Å². The molecule has 1 amide bonds. The summed E-state index contributed by atoms with van der Waals surface area (Å²) in [5, 5.41) is 0.536. The monoisotopic (exact) mass is 362 g/mol. The summed E-state index contributed by atoms with van der Waals surface area (Å²) in [5.74, 6) is -0.0399. The highest BCUT2D eigenvalue weighted by Gasteiger charge is 2.26. The molecule has 6 heteroatoms. The number of piperazine rings is 1. The fourth-order valence-electron chi connectivity index (χ4n) is 3.57. The zero-order valence-corrected chi connectivity index (χ0v) is 15.3. The number of fused-ring (bicyclic) bond motifs is 1. The minimum Gasteiger partial charge on any atom is -0.368 e. The van der Waals surface area contributed by atoms with Crippen LogP contribution in [-0.4, -0.2) is 46.5 Å². The highest BCUT2D eigenvalue weighted by atomic mass is 16.2. The van der Waals surface area contributed by atoms with Crippen LogP contribution in [0.15, 0.2) is 65.7 Å². The van der Waals surface area contributed by atoms with Gasteiger partial charge in [-0.25, -0.2) is 4.98 Å². The van der Waals surface area contributed by atoms with Crippen molar-refractivity contribution >= 4 is 22.5 Å². The number of anilines is 1. The maximum absolute atomic E-state index is 12.9. The molecule has 1 unspecified atom stereocenters. The molecule has 0 N–H and O–H groups in total. The zero-order valence-electron chi connectivity index (χ0n) is 15.3. The second kappa shape index (κ2) is 7.23. The van der Waals surface area contributed by atoms with Crippen LogP contribution in [0.4, 0.5) is 5.69 Å². The van der Waals surface area contributed by atoms with Crippen LogP contribution in [0, 0.1) is 0 Å². The average molecular weight is 362 g/mol. The summed E-state index contributed by atoms with van der Waals surface area (Å²) in [7, 11) is 0. The van der Waals surface area contributed by atoms with E-state index in [2.05, 4.69) is 22.0 Å². The molecule has 0 radical (unpaired) electrons. The van der Waals surface area contributed by atoms with Gasteiger partial charge in [0.05, 0.1) is 17.2 Å². The first-order valence-corrected chi connectivity index (χ1v) is 9.20. The number of carbonyl (C=O) groups is 1. The number of hydrogen-bond donors (Lipinski definition) is 0. The van der Waals surface area contributed by atoms with Gasteiger partial charge >= 0.3 is 0 Å². The van der Waals surface area contributed by atoms with Gasteiger partial charge in [0.2, 0.25) is 5.91 Å². The van der Waals surface area contributed by atoms with Crippen molar-refractivity contribution in [3.63, 3.8) is 0 Å². The summed E-state index contributed by atoms with van der Waals surface area (Å²) in [6.07, 6.45) is 1.48. The van der Waals surface area contributed by atoms with E-state index in [4.69, 9.17) is 0 Å². The van der Waals surface area contributed by atoms with Crippen molar-refractivity contribution in [2.45, 2.75) is 13.0 Å². The lowest BCUT2D eigenvalue weighted by Gasteiger charge is -2.37. The highest BCUT2D eigenvalue weighted by molar-refractivity contribution is 5.81. The number of carbonyl (C=O) groups excluding carboxylic acids is 1. The molecule has 1 fully saturated rings. The Morgan fingerprint density at radius 2 is 1.63 bits per heavy atom. The van der Waals surface area contributed by atoms with Gasteiger partial charge in [-0.15, -0.1) is 0 Å². The van der Waals surface area contributed by atoms with Crippen LogP contribution in [-0.2, 0) is 4.79 Å². The van der Waals surface area contributed by atoms with Gasteiger partial charge in [0.15, 0.2) is 0 Å². The van der Waals surface area contributed by atoms with E-state index in [-0.39, 0.29) is 11.5 Å². The van der Waals surface area contributed by atoms with E-state index in [9.17, 15) is 9.59 Å². The summed E-state index contributed by atoms with van der Waals surface area (Å²) >= 11 is 0. The lowest BCUT2D eigenvalue weighted by molar-refractivity contribution is -0.134. The Morgan fingerprint density at radius 3 is 2.37 bits per heavy atom. The normalized spacial score (nSPS) is 15.7. The minimum absolute atomic E-state index is 0.0399. The smallest absolute Gasteiger partial charge is 0.261 e. The SMILES string of the molecule is CC(C(=O)N1CCN(c2ccccc2)CC1)n1cnc2ccccc2c1=O. The van der Waals surface area contributed by atoms with Crippen LogP contribution >= 0.6 is 0 Å².